The molecule has 168 valence electrons. The SMILES string of the molecule is CC(C)Cn1c(SCC(=O)NC2=NCCS2)nnc1C(C)Oc1ccc(C(C)C)cc1. The van der Waals surface area contributed by atoms with Crippen molar-refractivity contribution in [2.24, 2.45) is 10.9 Å². The van der Waals surface area contributed by atoms with Crippen LogP contribution in [0.4, 0.5) is 0 Å². The van der Waals surface area contributed by atoms with Gasteiger partial charge in [0.2, 0.25) is 5.91 Å². The van der Waals surface area contributed by atoms with Gasteiger partial charge in [-0.25, -0.2) is 0 Å². The van der Waals surface area contributed by atoms with Gasteiger partial charge in [0.1, 0.15) is 5.75 Å². The summed E-state index contributed by atoms with van der Waals surface area (Å²) in [6.45, 7) is 12.1. The minimum Gasteiger partial charge on any atom is -0.483 e. The molecule has 7 nitrogen and oxygen atoms in total. The van der Waals surface area contributed by atoms with E-state index in [1.54, 1.807) is 11.8 Å². The fourth-order valence-electron chi connectivity index (χ4n) is 3.13. The largest absolute Gasteiger partial charge is 0.483 e. The number of nitrogens with zero attached hydrogens (tertiary/aromatic N) is 4. The van der Waals surface area contributed by atoms with Crippen LogP contribution in [0, 0.1) is 5.92 Å². The predicted octanol–water partition coefficient (Wildman–Crippen LogP) is 4.51. The van der Waals surface area contributed by atoms with Crippen LogP contribution >= 0.6 is 23.5 Å². The second-order valence-electron chi connectivity index (χ2n) is 8.20. The first-order chi connectivity index (χ1) is 14.8. The molecule has 0 saturated carbocycles. The summed E-state index contributed by atoms with van der Waals surface area (Å²) in [5, 5.41) is 13.0. The van der Waals surface area contributed by atoms with Crippen molar-refractivity contribution in [3.63, 3.8) is 0 Å². The van der Waals surface area contributed by atoms with E-state index in [4.69, 9.17) is 4.74 Å². The Morgan fingerprint density at radius 1 is 1.19 bits per heavy atom. The van der Waals surface area contributed by atoms with Gasteiger partial charge in [0.15, 0.2) is 22.3 Å². The van der Waals surface area contributed by atoms with Crippen LogP contribution in [0.5, 0.6) is 5.75 Å². The van der Waals surface area contributed by atoms with Crippen molar-refractivity contribution in [1.29, 1.82) is 0 Å². The lowest BCUT2D eigenvalue weighted by Gasteiger charge is -2.18. The standard InChI is InChI=1S/C22H31N5O2S2/c1-14(2)12-27-20(16(5)29-18-8-6-17(7-9-18)15(3)4)25-26-22(27)31-13-19(28)24-21-23-10-11-30-21/h6-9,14-16H,10-13H2,1-5H3,(H,23,24,28). The molecular weight excluding hydrogens is 430 g/mol. The predicted molar refractivity (Wildman–Crippen MR) is 128 cm³/mol. The molecular formula is C22H31N5O2S2. The summed E-state index contributed by atoms with van der Waals surface area (Å²) < 4.78 is 8.22. The van der Waals surface area contributed by atoms with Crippen LogP contribution in [0.1, 0.15) is 58.0 Å². The highest BCUT2D eigenvalue weighted by Crippen LogP contribution is 2.27. The Morgan fingerprint density at radius 2 is 1.94 bits per heavy atom. The maximum absolute atomic E-state index is 12.3. The maximum Gasteiger partial charge on any atom is 0.236 e. The van der Waals surface area contributed by atoms with Crippen LogP contribution in [0.3, 0.4) is 0 Å². The summed E-state index contributed by atoms with van der Waals surface area (Å²) in [7, 11) is 0. The van der Waals surface area contributed by atoms with Gasteiger partial charge >= 0.3 is 0 Å². The number of nitrogens with one attached hydrogen (secondary N) is 1. The molecule has 2 aromatic rings. The Labute approximate surface area is 192 Å². The minimum atomic E-state index is -0.261. The van der Waals surface area contributed by atoms with E-state index in [0.717, 1.165) is 35.6 Å². The molecule has 0 bridgehead atoms. The number of amidine groups is 1. The fourth-order valence-corrected chi connectivity index (χ4v) is 4.63. The number of hydrogen-bond donors (Lipinski definition) is 1. The van der Waals surface area contributed by atoms with Gasteiger partial charge in [-0.1, -0.05) is 63.4 Å². The summed E-state index contributed by atoms with van der Waals surface area (Å²) in [4.78, 5) is 16.5. The number of aliphatic imine (C=N–C) groups is 1. The molecule has 0 spiro atoms. The van der Waals surface area contributed by atoms with Gasteiger partial charge in [-0.3, -0.25) is 9.79 Å². The lowest BCUT2D eigenvalue weighted by molar-refractivity contribution is -0.117. The van der Waals surface area contributed by atoms with Gasteiger partial charge in [-0.05, 0) is 36.5 Å². The molecule has 1 amide bonds. The summed E-state index contributed by atoms with van der Waals surface area (Å²) in [5.74, 6) is 3.57. The number of rotatable bonds is 9. The second-order valence-corrected chi connectivity index (χ2v) is 10.2. The van der Waals surface area contributed by atoms with Gasteiger partial charge in [0.05, 0.1) is 12.3 Å². The van der Waals surface area contributed by atoms with Crippen molar-refractivity contribution >= 4 is 34.6 Å². The van der Waals surface area contributed by atoms with Crippen LogP contribution in [0.15, 0.2) is 34.4 Å². The van der Waals surface area contributed by atoms with Crippen molar-refractivity contribution in [2.45, 2.75) is 58.3 Å². The van der Waals surface area contributed by atoms with Gasteiger partial charge in [-0.15, -0.1) is 10.2 Å². The first kappa shape index (κ1) is 23.7. The zero-order chi connectivity index (χ0) is 22.4. The van der Waals surface area contributed by atoms with E-state index in [1.807, 2.05) is 19.1 Å². The van der Waals surface area contributed by atoms with Crippen molar-refractivity contribution < 1.29 is 9.53 Å². The molecule has 1 aromatic carbocycles. The first-order valence-electron chi connectivity index (χ1n) is 10.6. The number of carbonyl (C=O) groups is 1. The number of benzene rings is 1. The molecule has 1 N–H and O–H groups in total. The molecule has 1 atom stereocenters. The van der Waals surface area contributed by atoms with E-state index in [1.165, 1.54) is 17.3 Å². The molecule has 0 saturated heterocycles. The van der Waals surface area contributed by atoms with Crippen LogP contribution in [0.25, 0.3) is 0 Å². The van der Waals surface area contributed by atoms with E-state index >= 15 is 0 Å². The molecule has 1 unspecified atom stereocenters. The molecule has 9 heteroatoms. The highest BCUT2D eigenvalue weighted by Gasteiger charge is 2.21. The molecule has 1 aliphatic heterocycles. The van der Waals surface area contributed by atoms with Crippen LogP contribution in [-0.2, 0) is 11.3 Å². The normalized spacial score (nSPS) is 14.7. The molecule has 2 heterocycles. The van der Waals surface area contributed by atoms with E-state index in [9.17, 15) is 4.79 Å². The van der Waals surface area contributed by atoms with Gasteiger partial charge in [-0.2, -0.15) is 0 Å². The summed E-state index contributed by atoms with van der Waals surface area (Å²) in [5.41, 5.74) is 1.28. The van der Waals surface area contributed by atoms with E-state index in [-0.39, 0.29) is 17.8 Å². The Bertz CT molecular complexity index is 909. The Morgan fingerprint density at radius 3 is 2.55 bits per heavy atom. The lowest BCUT2D eigenvalue weighted by Crippen LogP contribution is -2.29. The zero-order valence-corrected chi connectivity index (χ0v) is 20.4. The average Bonchev–Trinajstić information content (AvgIpc) is 3.36. The van der Waals surface area contributed by atoms with E-state index in [2.05, 4.69) is 64.9 Å². The molecule has 3 rings (SSSR count). The number of thioether (sulfide) groups is 2. The maximum atomic E-state index is 12.3. The number of amides is 1. The topological polar surface area (TPSA) is 81.4 Å². The van der Waals surface area contributed by atoms with Crippen LogP contribution in [-0.4, -0.2) is 43.9 Å². The smallest absolute Gasteiger partial charge is 0.236 e. The quantitative estimate of drug-likeness (QED) is 0.554. The molecule has 31 heavy (non-hydrogen) atoms. The highest BCUT2D eigenvalue weighted by atomic mass is 32.2. The Balaban J connectivity index is 1.67. The third-order valence-electron chi connectivity index (χ3n) is 4.68. The summed E-state index contributed by atoms with van der Waals surface area (Å²) in [6.07, 6.45) is -0.261. The number of aromatic nitrogens is 3. The Kier molecular flexibility index (Phi) is 8.43. The molecule has 1 aliphatic rings. The number of carbonyl (C=O) groups excluding carboxylic acids is 1. The van der Waals surface area contributed by atoms with Crippen molar-refractivity contribution in [3.8, 4) is 5.75 Å². The van der Waals surface area contributed by atoms with Crippen LogP contribution < -0.4 is 10.1 Å². The van der Waals surface area contributed by atoms with Crippen molar-refractivity contribution in [1.82, 2.24) is 20.1 Å². The van der Waals surface area contributed by atoms with Gasteiger partial charge in [0.25, 0.3) is 0 Å². The zero-order valence-electron chi connectivity index (χ0n) is 18.8. The first-order valence-corrected chi connectivity index (χ1v) is 12.6. The molecule has 0 aliphatic carbocycles. The Hall–Kier alpha value is -2.00. The van der Waals surface area contributed by atoms with Gasteiger partial charge < -0.3 is 14.6 Å². The molecule has 1 aromatic heterocycles. The summed E-state index contributed by atoms with van der Waals surface area (Å²) in [6, 6.07) is 8.19. The minimum absolute atomic E-state index is 0.0756. The van der Waals surface area contributed by atoms with E-state index < -0.39 is 0 Å². The average molecular weight is 462 g/mol. The van der Waals surface area contributed by atoms with E-state index in [0.29, 0.717) is 17.0 Å². The summed E-state index contributed by atoms with van der Waals surface area (Å²) >= 11 is 2.96. The lowest BCUT2D eigenvalue weighted by atomic mass is 10.0. The molecule has 0 radical (unpaired) electrons. The highest BCUT2D eigenvalue weighted by molar-refractivity contribution is 8.14. The third kappa shape index (κ3) is 6.74. The third-order valence-corrected chi connectivity index (χ3v) is 6.54. The van der Waals surface area contributed by atoms with Crippen molar-refractivity contribution in [3.05, 3.63) is 35.7 Å². The second kappa shape index (κ2) is 11.0. The fraction of sp³-hybridized carbons (Fsp3) is 0.545. The van der Waals surface area contributed by atoms with Crippen molar-refractivity contribution in [2.75, 3.05) is 18.1 Å². The number of ether oxygens (including phenoxy) is 1. The van der Waals surface area contributed by atoms with Crippen LogP contribution in [0.2, 0.25) is 0 Å². The monoisotopic (exact) mass is 461 g/mol. The molecule has 0 fully saturated rings. The number of hydrogen-bond acceptors (Lipinski definition) is 7. The van der Waals surface area contributed by atoms with Gasteiger partial charge in [0, 0.05) is 12.3 Å².